The van der Waals surface area contributed by atoms with Crippen molar-refractivity contribution in [1.82, 2.24) is 19.6 Å². The molecule has 10 heteroatoms. The number of nitrogens with zero attached hydrogens (tertiary/aromatic N) is 4. The molecule has 6 nitrogen and oxygen atoms in total. The minimum Gasteiger partial charge on any atom is -0.356 e. The molecule has 150 valence electrons. The van der Waals surface area contributed by atoms with E-state index in [0.717, 1.165) is 20.1 Å². The van der Waals surface area contributed by atoms with Crippen molar-refractivity contribution in [1.29, 1.82) is 0 Å². The first-order chi connectivity index (χ1) is 14.7. The number of para-hydroxylation sites is 1. The van der Waals surface area contributed by atoms with Gasteiger partial charge in [0.25, 0.3) is 5.56 Å². The molecule has 0 aliphatic carbocycles. The van der Waals surface area contributed by atoms with Gasteiger partial charge in [-0.3, -0.25) is 9.20 Å². The van der Waals surface area contributed by atoms with Crippen molar-refractivity contribution < 1.29 is 4.39 Å². The number of thioether (sulfide) groups is 1. The van der Waals surface area contributed by atoms with E-state index < -0.39 is 0 Å². The molecular formula is C20H14FN5OS3. The lowest BCUT2D eigenvalue weighted by Crippen LogP contribution is -2.13. The second-order valence-corrected chi connectivity index (χ2v) is 9.62. The lowest BCUT2D eigenvalue weighted by molar-refractivity contribution is 0.627. The fraction of sp³-hybridized carbons (Fsp3) is 0.100. The fourth-order valence-electron chi connectivity index (χ4n) is 2.95. The maximum atomic E-state index is 13.0. The highest BCUT2D eigenvalue weighted by molar-refractivity contribution is 8.00. The Bertz CT molecular complexity index is 1390. The van der Waals surface area contributed by atoms with Crippen LogP contribution in [0.15, 0.2) is 63.7 Å². The van der Waals surface area contributed by atoms with E-state index in [1.54, 1.807) is 22.6 Å². The molecule has 0 unspecified atom stereocenters. The smallest absolute Gasteiger partial charge is 0.259 e. The quantitative estimate of drug-likeness (QED) is 0.371. The maximum Gasteiger partial charge on any atom is 0.259 e. The van der Waals surface area contributed by atoms with Gasteiger partial charge in [-0.05, 0) is 29.8 Å². The van der Waals surface area contributed by atoms with Gasteiger partial charge in [0.2, 0.25) is 5.13 Å². The van der Waals surface area contributed by atoms with Crippen LogP contribution < -0.4 is 10.9 Å². The van der Waals surface area contributed by atoms with Gasteiger partial charge in [-0.2, -0.15) is 0 Å². The SMILES string of the molecule is O=c1cc(CSc2nnc(NCc3ccc(F)cc3)s2)nc2sc3ccccc3n12. The van der Waals surface area contributed by atoms with Crippen molar-refractivity contribution in [3.05, 3.63) is 82.0 Å². The zero-order valence-electron chi connectivity index (χ0n) is 15.4. The average molecular weight is 456 g/mol. The summed E-state index contributed by atoms with van der Waals surface area (Å²) in [7, 11) is 0. The predicted molar refractivity (Wildman–Crippen MR) is 120 cm³/mol. The molecule has 0 spiro atoms. The predicted octanol–water partition coefficient (Wildman–Crippen LogP) is 4.80. The van der Waals surface area contributed by atoms with Crippen molar-refractivity contribution in [3.8, 4) is 0 Å². The van der Waals surface area contributed by atoms with Crippen molar-refractivity contribution in [2.75, 3.05) is 5.32 Å². The van der Waals surface area contributed by atoms with Crippen LogP contribution in [0.3, 0.4) is 0 Å². The molecule has 30 heavy (non-hydrogen) atoms. The Morgan fingerprint density at radius 1 is 1.07 bits per heavy atom. The highest BCUT2D eigenvalue weighted by Gasteiger charge is 2.11. The van der Waals surface area contributed by atoms with Crippen LogP contribution in [0, 0.1) is 5.82 Å². The number of hydrogen-bond donors (Lipinski definition) is 1. The van der Waals surface area contributed by atoms with Crippen molar-refractivity contribution in [3.63, 3.8) is 0 Å². The zero-order valence-corrected chi connectivity index (χ0v) is 17.9. The third kappa shape index (κ3) is 3.93. The Labute approximate surface area is 182 Å². The molecule has 2 aromatic carbocycles. The Morgan fingerprint density at radius 3 is 2.77 bits per heavy atom. The third-order valence-corrected chi connectivity index (χ3v) is 7.42. The van der Waals surface area contributed by atoms with Crippen LogP contribution in [0.5, 0.6) is 0 Å². The number of halogens is 1. The normalized spacial score (nSPS) is 11.4. The van der Waals surface area contributed by atoms with Crippen LogP contribution in [0.2, 0.25) is 0 Å². The van der Waals surface area contributed by atoms with E-state index in [9.17, 15) is 9.18 Å². The minimum absolute atomic E-state index is 0.0769. The summed E-state index contributed by atoms with van der Waals surface area (Å²) in [5.74, 6) is 0.280. The summed E-state index contributed by atoms with van der Waals surface area (Å²) in [5, 5.41) is 12.2. The summed E-state index contributed by atoms with van der Waals surface area (Å²) in [6.07, 6.45) is 0. The van der Waals surface area contributed by atoms with Crippen molar-refractivity contribution in [2.45, 2.75) is 16.6 Å². The van der Waals surface area contributed by atoms with Crippen LogP contribution in [0.4, 0.5) is 9.52 Å². The number of anilines is 1. The summed E-state index contributed by atoms with van der Waals surface area (Å²) in [6, 6.07) is 15.7. The molecule has 0 atom stereocenters. The molecule has 0 amide bonds. The number of rotatable bonds is 6. The summed E-state index contributed by atoms with van der Waals surface area (Å²) >= 11 is 4.43. The van der Waals surface area contributed by atoms with E-state index in [4.69, 9.17) is 0 Å². The topological polar surface area (TPSA) is 72.2 Å². The van der Waals surface area contributed by atoms with Crippen molar-refractivity contribution >= 4 is 54.7 Å². The molecule has 5 rings (SSSR count). The number of thiazole rings is 1. The third-order valence-electron chi connectivity index (χ3n) is 4.36. The van der Waals surface area contributed by atoms with E-state index in [1.807, 2.05) is 24.3 Å². The molecule has 0 bridgehead atoms. The molecule has 0 fully saturated rings. The molecule has 0 aliphatic heterocycles. The molecule has 0 aliphatic rings. The van der Waals surface area contributed by atoms with E-state index in [2.05, 4.69) is 20.5 Å². The first-order valence-electron chi connectivity index (χ1n) is 9.00. The molecule has 5 aromatic rings. The number of fused-ring (bicyclic) bond motifs is 3. The van der Waals surface area contributed by atoms with Gasteiger partial charge in [-0.25, -0.2) is 9.37 Å². The highest BCUT2D eigenvalue weighted by Crippen LogP contribution is 2.29. The lowest BCUT2D eigenvalue weighted by atomic mass is 10.2. The molecule has 3 heterocycles. The number of benzene rings is 2. The van der Waals surface area contributed by atoms with E-state index in [-0.39, 0.29) is 11.4 Å². The summed E-state index contributed by atoms with van der Waals surface area (Å²) in [5.41, 5.74) is 2.48. The van der Waals surface area contributed by atoms with Crippen LogP contribution in [0.1, 0.15) is 11.3 Å². The summed E-state index contributed by atoms with van der Waals surface area (Å²) in [6.45, 7) is 0.542. The first kappa shape index (κ1) is 19.2. The van der Waals surface area contributed by atoms with Gasteiger partial charge in [-0.15, -0.1) is 10.2 Å². The van der Waals surface area contributed by atoms with Crippen LogP contribution in [-0.2, 0) is 12.3 Å². The fourth-order valence-corrected chi connectivity index (χ4v) is 5.64. The Hall–Kier alpha value is -2.82. The average Bonchev–Trinajstić information content (AvgIpc) is 3.36. The van der Waals surface area contributed by atoms with Crippen LogP contribution in [0.25, 0.3) is 15.2 Å². The number of aromatic nitrogens is 4. The number of hydrogen-bond acceptors (Lipinski definition) is 8. The van der Waals surface area contributed by atoms with Gasteiger partial charge in [0.15, 0.2) is 9.30 Å². The Balaban J connectivity index is 1.27. The number of nitrogens with one attached hydrogen (secondary N) is 1. The zero-order chi connectivity index (χ0) is 20.5. The van der Waals surface area contributed by atoms with Crippen LogP contribution in [-0.4, -0.2) is 19.6 Å². The standard InChI is InChI=1S/C20H14FN5OS3/c21-13-7-5-12(6-8-13)10-22-18-24-25-20(30-18)28-11-14-9-17(27)26-15-3-1-2-4-16(15)29-19(26)23-14/h1-9H,10-11H2,(H,22,24). The van der Waals surface area contributed by atoms with Gasteiger partial charge in [0.05, 0.1) is 15.9 Å². The lowest BCUT2D eigenvalue weighted by Gasteiger charge is -2.01. The largest absolute Gasteiger partial charge is 0.356 e. The van der Waals surface area contributed by atoms with Crippen LogP contribution >= 0.6 is 34.4 Å². The Morgan fingerprint density at radius 2 is 1.90 bits per heavy atom. The minimum atomic E-state index is -0.254. The molecule has 3 aromatic heterocycles. The van der Waals surface area contributed by atoms with Gasteiger partial charge in [0.1, 0.15) is 5.82 Å². The van der Waals surface area contributed by atoms with Gasteiger partial charge in [0, 0.05) is 18.4 Å². The molecule has 0 radical (unpaired) electrons. The van der Waals surface area contributed by atoms with Gasteiger partial charge in [-0.1, -0.05) is 58.7 Å². The van der Waals surface area contributed by atoms with Gasteiger partial charge >= 0.3 is 0 Å². The monoisotopic (exact) mass is 455 g/mol. The maximum absolute atomic E-state index is 13.0. The first-order valence-corrected chi connectivity index (χ1v) is 11.6. The summed E-state index contributed by atoms with van der Waals surface area (Å²) in [4.78, 5) is 17.9. The van der Waals surface area contributed by atoms with Crippen molar-refractivity contribution in [2.24, 2.45) is 0 Å². The van der Waals surface area contributed by atoms with E-state index in [1.165, 1.54) is 46.6 Å². The Kier molecular flexibility index (Phi) is 5.19. The molecule has 1 N–H and O–H groups in total. The molecular weight excluding hydrogens is 441 g/mol. The summed E-state index contributed by atoms with van der Waals surface area (Å²) < 4.78 is 16.4. The highest BCUT2D eigenvalue weighted by atomic mass is 32.2. The second kappa shape index (κ2) is 8.13. The molecule has 0 saturated heterocycles. The van der Waals surface area contributed by atoms with Gasteiger partial charge < -0.3 is 5.32 Å². The second-order valence-electron chi connectivity index (χ2n) is 6.42. The van der Waals surface area contributed by atoms with E-state index in [0.29, 0.717) is 28.1 Å². The molecule has 0 saturated carbocycles. The van der Waals surface area contributed by atoms with E-state index >= 15 is 0 Å².